The number of hydrogen-bond acceptors (Lipinski definition) is 6. The summed E-state index contributed by atoms with van der Waals surface area (Å²) < 4.78 is 0.431. The Morgan fingerprint density at radius 2 is 1.87 bits per heavy atom. The molecule has 0 spiro atoms. The van der Waals surface area contributed by atoms with E-state index in [9.17, 15) is 10.3 Å². The molecule has 2 rings (SSSR count). The average molecular weight is 207 g/mol. The first-order chi connectivity index (χ1) is 7.04. The van der Waals surface area contributed by atoms with Crippen LogP contribution in [0.5, 0.6) is 5.75 Å². The van der Waals surface area contributed by atoms with Gasteiger partial charge in [-0.3, -0.25) is 0 Å². The number of anilines is 3. The van der Waals surface area contributed by atoms with Crippen LogP contribution in [-0.4, -0.2) is 10.1 Å². The highest BCUT2D eigenvalue weighted by molar-refractivity contribution is 6.03. The number of nitrogens with zero attached hydrogens (tertiary/aromatic N) is 2. The van der Waals surface area contributed by atoms with E-state index in [1.54, 1.807) is 0 Å². The van der Waals surface area contributed by atoms with Crippen molar-refractivity contribution in [3.8, 4) is 5.75 Å². The van der Waals surface area contributed by atoms with Crippen molar-refractivity contribution >= 4 is 28.0 Å². The van der Waals surface area contributed by atoms with Crippen LogP contribution >= 0.6 is 0 Å². The molecule has 78 valence electrons. The molecule has 0 bridgehead atoms. The summed E-state index contributed by atoms with van der Waals surface area (Å²) in [4.78, 5) is 3.62. The summed E-state index contributed by atoms with van der Waals surface area (Å²) in [5.41, 5.74) is 16.7. The predicted octanol–water partition coefficient (Wildman–Crippen LogP) is -0.680. The second-order valence-corrected chi connectivity index (χ2v) is 3.07. The molecule has 0 atom stereocenters. The molecule has 1 aromatic carbocycles. The van der Waals surface area contributed by atoms with Gasteiger partial charge in [0, 0.05) is 0 Å². The van der Waals surface area contributed by atoms with Crippen molar-refractivity contribution in [3.05, 3.63) is 17.7 Å². The fourth-order valence-corrected chi connectivity index (χ4v) is 1.39. The lowest BCUT2D eigenvalue weighted by molar-refractivity contribution is -0.580. The summed E-state index contributed by atoms with van der Waals surface area (Å²) in [5.74, 6) is -0.283. The molecular weight excluding hydrogens is 198 g/mol. The van der Waals surface area contributed by atoms with E-state index >= 15 is 0 Å². The zero-order valence-electron chi connectivity index (χ0n) is 7.64. The molecule has 0 saturated carbocycles. The van der Waals surface area contributed by atoms with E-state index in [2.05, 4.69) is 4.98 Å². The third-order valence-electron chi connectivity index (χ3n) is 2.20. The summed E-state index contributed by atoms with van der Waals surface area (Å²) in [6.07, 6.45) is 2.32. The number of fused-ring (bicyclic) bond motifs is 1. The maximum absolute atomic E-state index is 11.4. The van der Waals surface area contributed by atoms with E-state index in [0.717, 1.165) is 6.33 Å². The van der Waals surface area contributed by atoms with Crippen LogP contribution < -0.4 is 21.9 Å². The first kappa shape index (κ1) is 9.13. The maximum Gasteiger partial charge on any atom is 0.289 e. The van der Waals surface area contributed by atoms with Crippen LogP contribution in [0, 0.1) is 5.21 Å². The zero-order chi connectivity index (χ0) is 11.2. The fraction of sp³-hybridized carbons (Fsp3) is 0. The number of benzene rings is 1. The minimum atomic E-state index is -0.283. The lowest BCUT2D eigenvalue weighted by Gasteiger charge is -2.12. The van der Waals surface area contributed by atoms with Gasteiger partial charge in [0.05, 0.1) is 5.69 Å². The smallest absolute Gasteiger partial charge is 0.289 e. The first-order valence-electron chi connectivity index (χ1n) is 4.06. The van der Waals surface area contributed by atoms with Crippen molar-refractivity contribution in [2.75, 3.05) is 17.2 Å². The quantitative estimate of drug-likeness (QED) is 0.148. The normalized spacial score (nSPS) is 10.7. The van der Waals surface area contributed by atoms with Crippen LogP contribution in [-0.2, 0) is 0 Å². The zero-order valence-corrected chi connectivity index (χ0v) is 7.64. The standard InChI is InChI=1S/C8H9N5O2/c9-4-5(10)7-3(8(14)6(4)11)1-12-2-13(7)15/h1-2,14H,9-11H2. The Morgan fingerprint density at radius 1 is 1.20 bits per heavy atom. The molecule has 0 saturated heterocycles. The molecule has 0 amide bonds. The van der Waals surface area contributed by atoms with Gasteiger partial charge in [-0.2, -0.15) is 0 Å². The van der Waals surface area contributed by atoms with Crippen molar-refractivity contribution in [3.63, 3.8) is 0 Å². The molecule has 1 heterocycles. The van der Waals surface area contributed by atoms with Gasteiger partial charge in [0.2, 0.25) is 0 Å². The van der Waals surface area contributed by atoms with Crippen molar-refractivity contribution in [2.45, 2.75) is 0 Å². The van der Waals surface area contributed by atoms with E-state index in [4.69, 9.17) is 17.2 Å². The molecule has 2 aromatic rings. The first-order valence-corrected chi connectivity index (χ1v) is 4.06. The van der Waals surface area contributed by atoms with Gasteiger partial charge in [-0.1, -0.05) is 4.98 Å². The Bertz CT molecular complexity index is 554. The largest absolute Gasteiger partial charge is 0.710 e. The number of nitrogen functional groups attached to an aromatic ring is 3. The molecular formula is C8H9N5O2. The van der Waals surface area contributed by atoms with Crippen LogP contribution in [0.4, 0.5) is 17.1 Å². The number of rotatable bonds is 0. The second-order valence-electron chi connectivity index (χ2n) is 3.07. The molecule has 0 aliphatic heterocycles. The van der Waals surface area contributed by atoms with Gasteiger partial charge in [-0.25, -0.2) is 4.73 Å². The molecule has 0 fully saturated rings. The van der Waals surface area contributed by atoms with Crippen LogP contribution in [0.2, 0.25) is 0 Å². The molecule has 0 radical (unpaired) electrons. The topological polar surface area (TPSA) is 138 Å². The number of aromatic nitrogens is 2. The Labute approximate surface area is 84.3 Å². The van der Waals surface area contributed by atoms with Gasteiger partial charge >= 0.3 is 0 Å². The van der Waals surface area contributed by atoms with Crippen molar-refractivity contribution in [1.82, 2.24) is 4.98 Å². The Balaban J connectivity index is 3.08. The molecule has 0 aliphatic rings. The summed E-state index contributed by atoms with van der Waals surface area (Å²) >= 11 is 0. The minimum absolute atomic E-state index is 0.00389. The van der Waals surface area contributed by atoms with Crippen LogP contribution in [0.25, 0.3) is 10.9 Å². The molecule has 7 nitrogen and oxygen atoms in total. The maximum atomic E-state index is 11.4. The van der Waals surface area contributed by atoms with E-state index in [1.165, 1.54) is 6.20 Å². The lowest BCUT2D eigenvalue weighted by atomic mass is 10.1. The highest BCUT2D eigenvalue weighted by Gasteiger charge is 2.17. The van der Waals surface area contributed by atoms with Crippen LogP contribution in [0.1, 0.15) is 0 Å². The van der Waals surface area contributed by atoms with E-state index in [-0.39, 0.29) is 33.7 Å². The van der Waals surface area contributed by atoms with Crippen molar-refractivity contribution in [1.29, 1.82) is 0 Å². The number of aromatic hydroxyl groups is 1. The van der Waals surface area contributed by atoms with Gasteiger partial charge in [-0.05, 0) is 0 Å². The minimum Gasteiger partial charge on any atom is -0.710 e. The van der Waals surface area contributed by atoms with E-state index < -0.39 is 0 Å². The highest BCUT2D eigenvalue weighted by Crippen LogP contribution is 2.38. The Hall–Kier alpha value is -2.44. The summed E-state index contributed by atoms with van der Waals surface area (Å²) in [6.45, 7) is 0. The van der Waals surface area contributed by atoms with Gasteiger partial charge < -0.3 is 27.5 Å². The molecule has 0 aliphatic carbocycles. The van der Waals surface area contributed by atoms with Crippen molar-refractivity contribution < 1.29 is 9.84 Å². The summed E-state index contributed by atoms with van der Waals surface area (Å²) in [5, 5.41) is 21.2. The fourth-order valence-electron chi connectivity index (χ4n) is 1.39. The van der Waals surface area contributed by atoms with Gasteiger partial charge in [0.1, 0.15) is 16.8 Å². The average Bonchev–Trinajstić information content (AvgIpc) is 2.23. The van der Waals surface area contributed by atoms with E-state index in [0.29, 0.717) is 4.73 Å². The lowest BCUT2D eigenvalue weighted by Crippen LogP contribution is -2.28. The number of nitrogens with two attached hydrogens (primary N) is 3. The monoisotopic (exact) mass is 207 g/mol. The summed E-state index contributed by atoms with van der Waals surface area (Å²) in [6, 6.07) is 0. The third-order valence-corrected chi connectivity index (χ3v) is 2.20. The SMILES string of the molecule is Nc1c(N)c(N)c2c(cnc[n+]2[O-])c1O. The molecule has 0 unspecified atom stereocenters. The third kappa shape index (κ3) is 1.06. The van der Waals surface area contributed by atoms with Crippen molar-refractivity contribution in [2.24, 2.45) is 0 Å². The van der Waals surface area contributed by atoms with Gasteiger partial charge in [0.25, 0.3) is 6.33 Å². The predicted molar refractivity (Wildman–Crippen MR) is 55.6 cm³/mol. The summed E-state index contributed by atoms with van der Waals surface area (Å²) in [7, 11) is 0. The highest BCUT2D eigenvalue weighted by atomic mass is 16.5. The molecule has 7 N–H and O–H groups in total. The number of phenols is 1. The molecule has 1 aromatic heterocycles. The number of phenolic OH excluding ortho intramolecular Hbond substituents is 1. The van der Waals surface area contributed by atoms with Crippen LogP contribution in [0.15, 0.2) is 12.5 Å². The Kier molecular flexibility index (Phi) is 1.69. The van der Waals surface area contributed by atoms with Gasteiger partial charge in [0.15, 0.2) is 17.5 Å². The molecule has 7 heteroatoms. The van der Waals surface area contributed by atoms with E-state index in [1.807, 2.05) is 0 Å². The van der Waals surface area contributed by atoms with Gasteiger partial charge in [-0.15, -0.1) is 0 Å². The number of hydrogen-bond donors (Lipinski definition) is 4. The Morgan fingerprint density at radius 3 is 2.53 bits per heavy atom. The second kappa shape index (κ2) is 2.77. The molecule has 15 heavy (non-hydrogen) atoms. The van der Waals surface area contributed by atoms with Crippen LogP contribution in [0.3, 0.4) is 0 Å².